The molecule has 1 atom stereocenters. The first kappa shape index (κ1) is 15.6. The molecule has 3 rings (SSSR count). The van der Waals surface area contributed by atoms with Crippen molar-refractivity contribution in [2.75, 3.05) is 13.7 Å². The molecule has 1 aliphatic carbocycles. The van der Waals surface area contributed by atoms with Gasteiger partial charge in [0.2, 0.25) is 0 Å². The lowest BCUT2D eigenvalue weighted by Gasteiger charge is -2.34. The van der Waals surface area contributed by atoms with Gasteiger partial charge in [-0.25, -0.2) is 0 Å². The van der Waals surface area contributed by atoms with Crippen LogP contribution in [0.5, 0.6) is 5.75 Å². The summed E-state index contributed by atoms with van der Waals surface area (Å²) in [6.07, 6.45) is 3.75. The maximum atomic E-state index is 12.2. The number of rotatable bonds is 4. The van der Waals surface area contributed by atoms with Crippen molar-refractivity contribution in [1.29, 1.82) is 0 Å². The van der Waals surface area contributed by atoms with Gasteiger partial charge in [0, 0.05) is 0 Å². The van der Waals surface area contributed by atoms with Crippen LogP contribution in [0.25, 0.3) is 0 Å². The molecule has 1 amide bonds. The number of ether oxygens (including phenoxy) is 1. The van der Waals surface area contributed by atoms with Crippen molar-refractivity contribution in [2.45, 2.75) is 31.8 Å². The van der Waals surface area contributed by atoms with Crippen LogP contribution in [0, 0.1) is 6.92 Å². The molecule has 23 heavy (non-hydrogen) atoms. The summed E-state index contributed by atoms with van der Waals surface area (Å²) in [5, 5.41) is 17.4. The maximum Gasteiger partial charge on any atom is 0.256 e. The molecule has 0 spiro atoms. The van der Waals surface area contributed by atoms with Crippen LogP contribution in [0.2, 0.25) is 0 Å². The average molecular weight is 316 g/mol. The van der Waals surface area contributed by atoms with Crippen LogP contribution in [-0.2, 0) is 12.0 Å². The topological polar surface area (TPSA) is 84.6 Å². The Morgan fingerprint density at radius 1 is 1.52 bits per heavy atom. The van der Waals surface area contributed by atoms with Crippen molar-refractivity contribution in [3.63, 3.8) is 0 Å². The molecular weight excluding hydrogens is 296 g/mol. The number of aryl methyl sites for hydroxylation is 2. The van der Waals surface area contributed by atoms with Crippen molar-refractivity contribution < 1.29 is 19.2 Å². The van der Waals surface area contributed by atoms with Crippen molar-refractivity contribution in [3.05, 3.63) is 46.8 Å². The molecule has 2 aromatic rings. The highest BCUT2D eigenvalue weighted by Gasteiger charge is 2.35. The highest BCUT2D eigenvalue weighted by atomic mass is 16.5. The van der Waals surface area contributed by atoms with Crippen LogP contribution in [0.4, 0.5) is 0 Å². The molecule has 1 unspecified atom stereocenters. The van der Waals surface area contributed by atoms with Gasteiger partial charge in [-0.3, -0.25) is 4.79 Å². The van der Waals surface area contributed by atoms with Gasteiger partial charge in [-0.15, -0.1) is 0 Å². The van der Waals surface area contributed by atoms with Crippen LogP contribution in [0.3, 0.4) is 0 Å². The smallest absolute Gasteiger partial charge is 0.256 e. The second-order valence-corrected chi connectivity index (χ2v) is 5.89. The lowest BCUT2D eigenvalue weighted by molar-refractivity contribution is 0.0188. The summed E-state index contributed by atoms with van der Waals surface area (Å²) in [6.45, 7) is 1.83. The number of hydrogen-bond acceptors (Lipinski definition) is 5. The van der Waals surface area contributed by atoms with Crippen molar-refractivity contribution >= 4 is 5.91 Å². The molecule has 0 radical (unpaired) electrons. The third kappa shape index (κ3) is 2.94. The Bertz CT molecular complexity index is 725. The standard InChI is InChI=1S/C17H20N2O4/c1-11-14(9-19-23-11)16(20)18-10-17(21)7-3-4-12-8-13(22-2)5-6-15(12)17/h5-6,8-9,21H,3-4,7,10H2,1-2H3,(H,18,20). The van der Waals surface area contributed by atoms with Crippen LogP contribution >= 0.6 is 0 Å². The summed E-state index contributed by atoms with van der Waals surface area (Å²) in [7, 11) is 1.62. The Morgan fingerprint density at radius 3 is 3.04 bits per heavy atom. The van der Waals surface area contributed by atoms with Gasteiger partial charge in [-0.2, -0.15) is 0 Å². The van der Waals surface area contributed by atoms with Gasteiger partial charge in [0.15, 0.2) is 0 Å². The average Bonchev–Trinajstić information content (AvgIpc) is 2.99. The summed E-state index contributed by atoms with van der Waals surface area (Å²) in [4.78, 5) is 12.2. The largest absolute Gasteiger partial charge is 0.497 e. The summed E-state index contributed by atoms with van der Waals surface area (Å²) < 4.78 is 10.1. The van der Waals surface area contributed by atoms with Gasteiger partial charge >= 0.3 is 0 Å². The van der Waals surface area contributed by atoms with Crippen LogP contribution in [-0.4, -0.2) is 29.8 Å². The van der Waals surface area contributed by atoms with E-state index >= 15 is 0 Å². The molecule has 1 heterocycles. The molecule has 0 saturated heterocycles. The molecular formula is C17H20N2O4. The van der Waals surface area contributed by atoms with E-state index in [2.05, 4.69) is 10.5 Å². The fraction of sp³-hybridized carbons (Fsp3) is 0.412. The number of methoxy groups -OCH3 is 1. The Kier molecular flexibility index (Phi) is 4.09. The summed E-state index contributed by atoms with van der Waals surface area (Å²) >= 11 is 0. The number of benzene rings is 1. The third-order valence-corrected chi connectivity index (χ3v) is 4.39. The summed E-state index contributed by atoms with van der Waals surface area (Å²) in [5.41, 5.74) is 1.24. The Balaban J connectivity index is 1.78. The van der Waals surface area contributed by atoms with E-state index in [-0.39, 0.29) is 12.5 Å². The predicted molar refractivity (Wildman–Crippen MR) is 83.4 cm³/mol. The molecule has 6 nitrogen and oxygen atoms in total. The van der Waals surface area contributed by atoms with Crippen LogP contribution < -0.4 is 10.1 Å². The van der Waals surface area contributed by atoms with Gasteiger partial charge in [-0.1, -0.05) is 11.2 Å². The van der Waals surface area contributed by atoms with E-state index in [1.807, 2.05) is 18.2 Å². The lowest BCUT2D eigenvalue weighted by atomic mass is 9.79. The lowest BCUT2D eigenvalue weighted by Crippen LogP contribution is -2.43. The fourth-order valence-corrected chi connectivity index (χ4v) is 3.09. The van der Waals surface area contributed by atoms with Crippen molar-refractivity contribution in [1.82, 2.24) is 10.5 Å². The predicted octanol–water partition coefficient (Wildman–Crippen LogP) is 1.95. The second-order valence-electron chi connectivity index (χ2n) is 5.89. The van der Waals surface area contributed by atoms with Gasteiger partial charge in [0.25, 0.3) is 5.91 Å². The Hall–Kier alpha value is -2.34. The van der Waals surface area contributed by atoms with E-state index in [0.717, 1.165) is 29.7 Å². The first-order valence-electron chi connectivity index (χ1n) is 7.63. The minimum atomic E-state index is -1.07. The number of aromatic nitrogens is 1. The zero-order chi connectivity index (χ0) is 16.4. The third-order valence-electron chi connectivity index (χ3n) is 4.39. The maximum absolute atomic E-state index is 12.2. The zero-order valence-electron chi connectivity index (χ0n) is 13.3. The molecule has 0 fully saturated rings. The van der Waals surface area contributed by atoms with E-state index in [0.29, 0.717) is 17.7 Å². The monoisotopic (exact) mass is 316 g/mol. The quantitative estimate of drug-likeness (QED) is 0.900. The minimum absolute atomic E-state index is 0.149. The van der Waals surface area contributed by atoms with Gasteiger partial charge < -0.3 is 19.7 Å². The second kappa shape index (κ2) is 6.04. The highest BCUT2D eigenvalue weighted by Crippen LogP contribution is 2.36. The molecule has 122 valence electrons. The number of fused-ring (bicyclic) bond motifs is 1. The van der Waals surface area contributed by atoms with Crippen LogP contribution in [0.15, 0.2) is 28.9 Å². The number of carbonyl (C=O) groups excluding carboxylic acids is 1. The molecule has 0 bridgehead atoms. The summed E-state index contributed by atoms with van der Waals surface area (Å²) in [6, 6.07) is 5.66. The van der Waals surface area contributed by atoms with E-state index in [1.165, 1.54) is 6.20 Å². The number of nitrogens with one attached hydrogen (secondary N) is 1. The number of aliphatic hydroxyl groups is 1. The van der Waals surface area contributed by atoms with Crippen molar-refractivity contribution in [3.8, 4) is 5.75 Å². The normalized spacial score (nSPS) is 20.0. The van der Waals surface area contributed by atoms with Crippen LogP contribution in [0.1, 0.15) is 40.1 Å². The molecule has 6 heteroatoms. The number of hydrogen-bond donors (Lipinski definition) is 2. The molecule has 0 saturated carbocycles. The number of amides is 1. The molecule has 1 aromatic heterocycles. The highest BCUT2D eigenvalue weighted by molar-refractivity contribution is 5.94. The Labute approximate surface area is 134 Å². The number of carbonyl (C=O) groups is 1. The van der Waals surface area contributed by atoms with E-state index < -0.39 is 5.60 Å². The van der Waals surface area contributed by atoms with E-state index in [1.54, 1.807) is 14.0 Å². The van der Waals surface area contributed by atoms with Gasteiger partial charge in [0.05, 0.1) is 19.9 Å². The number of nitrogens with zero attached hydrogens (tertiary/aromatic N) is 1. The Morgan fingerprint density at radius 2 is 2.35 bits per heavy atom. The van der Waals surface area contributed by atoms with Gasteiger partial charge in [-0.05, 0) is 49.4 Å². The van der Waals surface area contributed by atoms with E-state index in [4.69, 9.17) is 9.26 Å². The SMILES string of the molecule is COc1ccc2c(c1)CCCC2(O)CNC(=O)c1cnoc1C. The molecule has 1 aromatic carbocycles. The first-order chi connectivity index (χ1) is 11.0. The van der Waals surface area contributed by atoms with E-state index in [9.17, 15) is 9.90 Å². The molecule has 0 aliphatic heterocycles. The first-order valence-corrected chi connectivity index (χ1v) is 7.63. The fourth-order valence-electron chi connectivity index (χ4n) is 3.09. The summed E-state index contributed by atoms with van der Waals surface area (Å²) in [5.74, 6) is 0.943. The molecule has 1 aliphatic rings. The zero-order valence-corrected chi connectivity index (χ0v) is 13.3. The minimum Gasteiger partial charge on any atom is -0.497 e. The molecule has 2 N–H and O–H groups in total. The van der Waals surface area contributed by atoms with Gasteiger partial charge in [0.1, 0.15) is 22.7 Å². The van der Waals surface area contributed by atoms with Crippen molar-refractivity contribution in [2.24, 2.45) is 0 Å².